The Labute approximate surface area is 226 Å². The van der Waals surface area contributed by atoms with Gasteiger partial charge < -0.3 is 24.3 Å². The molecule has 11 nitrogen and oxygen atoms in total. The van der Waals surface area contributed by atoms with E-state index in [1.54, 1.807) is 10.9 Å². The van der Waals surface area contributed by atoms with Gasteiger partial charge >= 0.3 is 11.9 Å². The molecule has 0 radical (unpaired) electrons. The van der Waals surface area contributed by atoms with Crippen molar-refractivity contribution in [1.29, 1.82) is 0 Å². The van der Waals surface area contributed by atoms with Gasteiger partial charge in [0.2, 0.25) is 5.91 Å². The minimum Gasteiger partial charge on any atom is -0.456 e. The van der Waals surface area contributed by atoms with Gasteiger partial charge in [-0.1, -0.05) is 61.0 Å². The van der Waals surface area contributed by atoms with Crippen LogP contribution < -0.4 is 5.32 Å². The van der Waals surface area contributed by atoms with Crippen LogP contribution in [0.2, 0.25) is 0 Å². The minimum atomic E-state index is -1.05. The lowest BCUT2D eigenvalue weighted by atomic mass is 9.95. The summed E-state index contributed by atoms with van der Waals surface area (Å²) in [4.78, 5) is 36.3. The van der Waals surface area contributed by atoms with Gasteiger partial charge in [0, 0.05) is 32.9 Å². The minimum absolute atomic E-state index is 0.119. The van der Waals surface area contributed by atoms with Crippen LogP contribution in [0.3, 0.4) is 0 Å². The molecule has 2 heterocycles. The van der Waals surface area contributed by atoms with E-state index in [2.05, 4.69) is 15.6 Å². The number of amides is 1. The summed E-state index contributed by atoms with van der Waals surface area (Å²) >= 11 is 0. The SMILES string of the molecule is CCCCOC1OC(Cn2cc(-c3cccc4ccccc34)nn2)C(OC(C)=O)C(OC(C)=O)C1NC(C)=O. The van der Waals surface area contributed by atoms with Crippen LogP contribution in [0.25, 0.3) is 22.0 Å². The molecule has 4 rings (SSSR count). The number of ether oxygens (including phenoxy) is 4. The zero-order valence-electron chi connectivity index (χ0n) is 22.5. The second-order valence-electron chi connectivity index (χ2n) is 9.49. The number of carbonyl (C=O) groups is 3. The number of nitrogens with zero attached hydrogens (tertiary/aromatic N) is 3. The van der Waals surface area contributed by atoms with Gasteiger partial charge in [0.25, 0.3) is 0 Å². The molecule has 1 N–H and O–H groups in total. The van der Waals surface area contributed by atoms with Crippen LogP contribution in [0.1, 0.15) is 40.5 Å². The van der Waals surface area contributed by atoms with E-state index in [-0.39, 0.29) is 12.5 Å². The van der Waals surface area contributed by atoms with E-state index in [1.807, 2.05) is 49.4 Å². The molecule has 1 saturated heterocycles. The number of unbranched alkanes of at least 4 members (excludes halogenated alkanes) is 1. The molecule has 0 saturated carbocycles. The fourth-order valence-electron chi connectivity index (χ4n) is 4.73. The van der Waals surface area contributed by atoms with E-state index in [1.165, 1.54) is 20.8 Å². The van der Waals surface area contributed by atoms with Gasteiger partial charge in [-0.05, 0) is 17.2 Å². The molecule has 5 unspecified atom stereocenters. The maximum atomic E-state index is 12.1. The van der Waals surface area contributed by atoms with E-state index in [4.69, 9.17) is 18.9 Å². The highest BCUT2D eigenvalue weighted by molar-refractivity contribution is 5.95. The van der Waals surface area contributed by atoms with Crippen molar-refractivity contribution in [2.45, 2.75) is 77.7 Å². The van der Waals surface area contributed by atoms with Crippen LogP contribution in [0.15, 0.2) is 48.7 Å². The molecule has 39 heavy (non-hydrogen) atoms. The molecule has 1 aromatic heterocycles. The lowest BCUT2D eigenvalue weighted by molar-refractivity contribution is -0.274. The number of benzene rings is 2. The van der Waals surface area contributed by atoms with Crippen LogP contribution >= 0.6 is 0 Å². The maximum Gasteiger partial charge on any atom is 0.303 e. The second kappa shape index (κ2) is 12.8. The van der Waals surface area contributed by atoms with Gasteiger partial charge in [-0.2, -0.15) is 0 Å². The second-order valence-corrected chi connectivity index (χ2v) is 9.49. The molecule has 0 bridgehead atoms. The predicted molar refractivity (Wildman–Crippen MR) is 141 cm³/mol. The lowest BCUT2D eigenvalue weighted by Gasteiger charge is -2.45. The van der Waals surface area contributed by atoms with Gasteiger partial charge in [-0.25, -0.2) is 4.68 Å². The number of fused-ring (bicyclic) bond motifs is 1. The molecule has 0 aliphatic carbocycles. The zero-order chi connectivity index (χ0) is 27.9. The molecular formula is C28H34N4O7. The number of esters is 2. The average Bonchev–Trinajstić information content (AvgIpc) is 3.35. The fraction of sp³-hybridized carbons (Fsp3) is 0.464. The third-order valence-corrected chi connectivity index (χ3v) is 6.37. The number of nitrogens with one attached hydrogen (secondary N) is 1. The number of aromatic nitrogens is 3. The summed E-state index contributed by atoms with van der Waals surface area (Å²) in [5.41, 5.74) is 1.58. The summed E-state index contributed by atoms with van der Waals surface area (Å²) in [6, 6.07) is 13.1. The first-order chi connectivity index (χ1) is 18.8. The predicted octanol–water partition coefficient (Wildman–Crippen LogP) is 3.01. The Balaban J connectivity index is 1.66. The first-order valence-corrected chi connectivity index (χ1v) is 13.0. The standard InChI is InChI=1S/C28H34N4O7/c1-5-6-14-36-28-25(29-17(2)33)27(38-19(4)35)26(37-18(3)34)24(39-28)16-32-15-23(30-31-32)22-13-9-11-20-10-7-8-12-21(20)22/h7-13,15,24-28H,5-6,14,16H2,1-4H3,(H,29,33). The van der Waals surface area contributed by atoms with E-state index < -0.39 is 42.6 Å². The third kappa shape index (κ3) is 6.98. The van der Waals surface area contributed by atoms with Crippen LogP contribution in [-0.4, -0.2) is 70.1 Å². The molecule has 11 heteroatoms. The van der Waals surface area contributed by atoms with Crippen molar-refractivity contribution in [1.82, 2.24) is 20.3 Å². The highest BCUT2D eigenvalue weighted by Gasteiger charge is 2.51. The van der Waals surface area contributed by atoms with Gasteiger partial charge in [0.15, 0.2) is 18.5 Å². The number of rotatable bonds is 10. The number of hydrogen-bond donors (Lipinski definition) is 1. The fourth-order valence-corrected chi connectivity index (χ4v) is 4.73. The molecule has 208 valence electrons. The first-order valence-electron chi connectivity index (χ1n) is 13.0. The average molecular weight is 539 g/mol. The number of hydrogen-bond acceptors (Lipinski definition) is 9. The summed E-state index contributed by atoms with van der Waals surface area (Å²) in [6.07, 6.45) is -0.439. The molecule has 5 atom stereocenters. The van der Waals surface area contributed by atoms with Crippen molar-refractivity contribution >= 4 is 28.6 Å². The zero-order valence-corrected chi connectivity index (χ0v) is 22.5. The Morgan fingerprint density at radius 3 is 2.44 bits per heavy atom. The Kier molecular flexibility index (Phi) is 9.26. The molecule has 1 aliphatic rings. The molecule has 1 fully saturated rings. The van der Waals surface area contributed by atoms with Crippen LogP contribution in [0.5, 0.6) is 0 Å². The van der Waals surface area contributed by atoms with Crippen LogP contribution in [0, 0.1) is 0 Å². The van der Waals surface area contributed by atoms with Crippen molar-refractivity contribution in [2.24, 2.45) is 0 Å². The molecule has 3 aromatic rings. The lowest BCUT2D eigenvalue weighted by Crippen LogP contribution is -2.66. The quantitative estimate of drug-likeness (QED) is 0.306. The maximum absolute atomic E-state index is 12.1. The molecule has 1 aliphatic heterocycles. The van der Waals surface area contributed by atoms with E-state index >= 15 is 0 Å². The van der Waals surface area contributed by atoms with Crippen molar-refractivity contribution in [3.8, 4) is 11.3 Å². The van der Waals surface area contributed by atoms with Crippen LogP contribution in [0.4, 0.5) is 0 Å². The largest absolute Gasteiger partial charge is 0.456 e. The highest BCUT2D eigenvalue weighted by Crippen LogP contribution is 2.30. The van der Waals surface area contributed by atoms with Crippen molar-refractivity contribution in [2.75, 3.05) is 6.61 Å². The van der Waals surface area contributed by atoms with Crippen molar-refractivity contribution in [3.05, 3.63) is 48.7 Å². The third-order valence-electron chi connectivity index (χ3n) is 6.37. The highest BCUT2D eigenvalue weighted by atomic mass is 16.7. The monoisotopic (exact) mass is 538 g/mol. The van der Waals surface area contributed by atoms with Crippen molar-refractivity contribution < 1.29 is 33.3 Å². The summed E-state index contributed by atoms with van der Waals surface area (Å²) in [5, 5.41) is 13.5. The van der Waals surface area contributed by atoms with Crippen LogP contribution in [-0.2, 0) is 39.9 Å². The number of carbonyl (C=O) groups excluding carboxylic acids is 3. The Morgan fingerprint density at radius 2 is 1.72 bits per heavy atom. The van der Waals surface area contributed by atoms with E-state index in [0.717, 1.165) is 29.2 Å². The van der Waals surface area contributed by atoms with E-state index in [9.17, 15) is 14.4 Å². The van der Waals surface area contributed by atoms with Gasteiger partial charge in [0.1, 0.15) is 17.8 Å². The summed E-state index contributed by atoms with van der Waals surface area (Å²) in [7, 11) is 0. The van der Waals surface area contributed by atoms with Gasteiger partial charge in [0.05, 0.1) is 12.7 Å². The topological polar surface area (TPSA) is 131 Å². The normalized spacial score (nSPS) is 22.8. The first kappa shape index (κ1) is 28.2. The summed E-state index contributed by atoms with van der Waals surface area (Å²) < 4.78 is 25.1. The van der Waals surface area contributed by atoms with Crippen molar-refractivity contribution in [3.63, 3.8) is 0 Å². The van der Waals surface area contributed by atoms with Gasteiger partial charge in [-0.3, -0.25) is 14.4 Å². The summed E-state index contributed by atoms with van der Waals surface area (Å²) in [5.74, 6) is -1.56. The Hall–Kier alpha value is -3.83. The molecule has 2 aromatic carbocycles. The smallest absolute Gasteiger partial charge is 0.303 e. The summed E-state index contributed by atoms with van der Waals surface area (Å²) in [6.45, 7) is 6.35. The van der Waals surface area contributed by atoms with Gasteiger partial charge in [-0.15, -0.1) is 5.10 Å². The van der Waals surface area contributed by atoms with E-state index in [0.29, 0.717) is 12.3 Å². The Bertz CT molecular complexity index is 1300. The molecule has 1 amide bonds. The molecule has 0 spiro atoms. The Morgan fingerprint density at radius 1 is 1.00 bits per heavy atom. The molecular weight excluding hydrogens is 504 g/mol.